The number of benzene rings is 2. The third kappa shape index (κ3) is 6.07. The standard InChI is InChI=1S/C25H31N5O2S/c1-16(2)18-10-12-21(13-11-18)32-14-22-28-29-25(30(22)26)33-15-23(31)27-24(20-8-9-20)19-6-4-17(3)5-7-19/h4-7,10-13,16,20,24H,8-9,14-15,26H2,1-3H3,(H,27,31). The van der Waals surface area contributed by atoms with Gasteiger partial charge in [0.1, 0.15) is 12.4 Å². The number of nitrogens with one attached hydrogen (secondary N) is 1. The number of aryl methyl sites for hydroxylation is 1. The second kappa shape index (κ2) is 10.3. The number of nitrogen functional groups attached to an aromatic ring is 1. The Morgan fingerprint density at radius 3 is 2.42 bits per heavy atom. The summed E-state index contributed by atoms with van der Waals surface area (Å²) >= 11 is 1.27. The van der Waals surface area contributed by atoms with Crippen LogP contribution in [0.15, 0.2) is 53.7 Å². The van der Waals surface area contributed by atoms with Gasteiger partial charge in [-0.15, -0.1) is 10.2 Å². The molecule has 0 spiro atoms. The van der Waals surface area contributed by atoms with Crippen molar-refractivity contribution in [2.24, 2.45) is 5.92 Å². The molecule has 8 heteroatoms. The van der Waals surface area contributed by atoms with Crippen LogP contribution >= 0.6 is 11.8 Å². The summed E-state index contributed by atoms with van der Waals surface area (Å²) in [6.45, 7) is 6.58. The van der Waals surface area contributed by atoms with E-state index in [1.165, 1.54) is 27.6 Å². The van der Waals surface area contributed by atoms with Crippen molar-refractivity contribution in [2.75, 3.05) is 11.6 Å². The fourth-order valence-electron chi connectivity index (χ4n) is 3.62. The van der Waals surface area contributed by atoms with Crippen LogP contribution in [0.3, 0.4) is 0 Å². The molecule has 0 aliphatic heterocycles. The molecule has 33 heavy (non-hydrogen) atoms. The second-order valence-electron chi connectivity index (χ2n) is 8.86. The average molecular weight is 466 g/mol. The zero-order chi connectivity index (χ0) is 23.4. The van der Waals surface area contributed by atoms with Crippen molar-refractivity contribution < 1.29 is 9.53 Å². The van der Waals surface area contributed by atoms with E-state index < -0.39 is 0 Å². The number of thioether (sulfide) groups is 1. The highest BCUT2D eigenvalue weighted by Crippen LogP contribution is 2.41. The van der Waals surface area contributed by atoms with Crippen molar-refractivity contribution in [2.45, 2.75) is 57.3 Å². The first kappa shape index (κ1) is 23.2. The van der Waals surface area contributed by atoms with Crippen molar-refractivity contribution >= 4 is 17.7 Å². The maximum Gasteiger partial charge on any atom is 0.230 e. The molecule has 1 heterocycles. The van der Waals surface area contributed by atoms with E-state index in [0.29, 0.717) is 22.8 Å². The second-order valence-corrected chi connectivity index (χ2v) is 9.81. The summed E-state index contributed by atoms with van der Waals surface area (Å²) in [7, 11) is 0. The number of aromatic nitrogens is 3. The molecule has 3 aromatic rings. The predicted octanol–water partition coefficient (Wildman–Crippen LogP) is 4.36. The van der Waals surface area contributed by atoms with E-state index in [0.717, 1.165) is 24.2 Å². The molecule has 1 aliphatic rings. The molecule has 7 nitrogen and oxygen atoms in total. The Morgan fingerprint density at radius 1 is 1.12 bits per heavy atom. The van der Waals surface area contributed by atoms with Crippen molar-refractivity contribution in [3.05, 3.63) is 71.0 Å². The minimum atomic E-state index is -0.0384. The number of hydrogen-bond acceptors (Lipinski definition) is 6. The van der Waals surface area contributed by atoms with Crippen LogP contribution in [0.25, 0.3) is 0 Å². The molecule has 0 bridgehead atoms. The van der Waals surface area contributed by atoms with Crippen LogP contribution in [-0.2, 0) is 11.4 Å². The van der Waals surface area contributed by atoms with Crippen LogP contribution in [0.1, 0.15) is 61.2 Å². The van der Waals surface area contributed by atoms with Gasteiger partial charge in [-0.1, -0.05) is 67.6 Å². The number of ether oxygens (including phenoxy) is 1. The molecule has 0 saturated heterocycles. The minimum absolute atomic E-state index is 0.0384. The van der Waals surface area contributed by atoms with Crippen molar-refractivity contribution in [3.63, 3.8) is 0 Å². The maximum absolute atomic E-state index is 12.6. The van der Waals surface area contributed by atoms with E-state index in [4.69, 9.17) is 10.6 Å². The highest BCUT2D eigenvalue weighted by atomic mass is 32.2. The van der Waals surface area contributed by atoms with Gasteiger partial charge >= 0.3 is 0 Å². The summed E-state index contributed by atoms with van der Waals surface area (Å²) in [5, 5.41) is 11.9. The number of nitrogens with two attached hydrogens (primary N) is 1. The summed E-state index contributed by atoms with van der Waals surface area (Å²) in [6, 6.07) is 16.4. The molecule has 174 valence electrons. The fourth-order valence-corrected chi connectivity index (χ4v) is 4.31. The Kier molecular flexibility index (Phi) is 7.23. The molecule has 2 aromatic carbocycles. The SMILES string of the molecule is Cc1ccc(C(NC(=O)CSc2nnc(COc3ccc(C(C)C)cc3)n2N)C2CC2)cc1. The minimum Gasteiger partial charge on any atom is -0.486 e. The first-order chi connectivity index (χ1) is 15.9. The van der Waals surface area contributed by atoms with Crippen LogP contribution in [0.2, 0.25) is 0 Å². The lowest BCUT2D eigenvalue weighted by Gasteiger charge is -2.19. The van der Waals surface area contributed by atoms with Gasteiger partial charge in [-0.05, 0) is 54.9 Å². The van der Waals surface area contributed by atoms with Gasteiger partial charge in [0, 0.05) is 0 Å². The van der Waals surface area contributed by atoms with Crippen molar-refractivity contribution in [1.82, 2.24) is 20.2 Å². The summed E-state index contributed by atoms with van der Waals surface area (Å²) in [4.78, 5) is 12.6. The molecular weight excluding hydrogens is 434 g/mol. The van der Waals surface area contributed by atoms with E-state index in [1.807, 2.05) is 12.1 Å². The Labute approximate surface area is 199 Å². The van der Waals surface area contributed by atoms with Crippen LogP contribution in [0.5, 0.6) is 5.75 Å². The molecule has 1 atom stereocenters. The van der Waals surface area contributed by atoms with Gasteiger partial charge in [0.25, 0.3) is 0 Å². The zero-order valence-corrected chi connectivity index (χ0v) is 20.1. The van der Waals surface area contributed by atoms with Gasteiger partial charge in [0.2, 0.25) is 11.1 Å². The number of rotatable bonds is 10. The Morgan fingerprint density at radius 2 is 1.79 bits per heavy atom. The summed E-state index contributed by atoms with van der Waals surface area (Å²) in [6.07, 6.45) is 2.29. The summed E-state index contributed by atoms with van der Waals surface area (Å²) in [5.74, 6) is 8.56. The normalized spacial score (nSPS) is 14.3. The van der Waals surface area contributed by atoms with Gasteiger partial charge in [0.15, 0.2) is 5.82 Å². The topological polar surface area (TPSA) is 95.1 Å². The molecule has 1 saturated carbocycles. The predicted molar refractivity (Wildman–Crippen MR) is 131 cm³/mol. The molecule has 0 radical (unpaired) electrons. The average Bonchev–Trinajstić information content (AvgIpc) is 3.59. The lowest BCUT2D eigenvalue weighted by molar-refractivity contribution is -0.119. The number of carbonyl (C=O) groups is 1. The van der Waals surface area contributed by atoms with E-state index in [-0.39, 0.29) is 24.3 Å². The lowest BCUT2D eigenvalue weighted by Crippen LogP contribution is -2.31. The van der Waals surface area contributed by atoms with Gasteiger partial charge in [-0.3, -0.25) is 4.79 Å². The monoisotopic (exact) mass is 465 g/mol. The molecule has 1 aliphatic carbocycles. The third-order valence-corrected chi connectivity index (χ3v) is 6.77. The molecule has 1 aromatic heterocycles. The van der Waals surface area contributed by atoms with Crippen LogP contribution in [-0.4, -0.2) is 26.5 Å². The third-order valence-electron chi connectivity index (χ3n) is 5.83. The summed E-state index contributed by atoms with van der Waals surface area (Å²) < 4.78 is 7.19. The maximum atomic E-state index is 12.6. The number of amides is 1. The number of hydrogen-bond donors (Lipinski definition) is 2. The molecule has 1 amide bonds. The van der Waals surface area contributed by atoms with Gasteiger partial charge in [-0.25, -0.2) is 4.68 Å². The number of carbonyl (C=O) groups excluding carboxylic acids is 1. The lowest BCUT2D eigenvalue weighted by atomic mass is 10.0. The van der Waals surface area contributed by atoms with Crippen LogP contribution in [0, 0.1) is 12.8 Å². The molecule has 1 unspecified atom stereocenters. The first-order valence-electron chi connectivity index (χ1n) is 11.3. The molecular formula is C25H31N5O2S. The Balaban J connectivity index is 1.29. The van der Waals surface area contributed by atoms with Gasteiger partial charge in [-0.2, -0.15) is 0 Å². The molecule has 4 rings (SSSR count). The fraction of sp³-hybridized carbons (Fsp3) is 0.400. The summed E-state index contributed by atoms with van der Waals surface area (Å²) in [5.41, 5.74) is 3.63. The Hall–Kier alpha value is -3.00. The Bertz CT molecular complexity index is 1080. The largest absolute Gasteiger partial charge is 0.486 e. The molecule has 1 fully saturated rings. The molecule has 3 N–H and O–H groups in total. The van der Waals surface area contributed by atoms with Gasteiger partial charge < -0.3 is 15.9 Å². The van der Waals surface area contributed by atoms with Crippen LogP contribution < -0.4 is 15.9 Å². The first-order valence-corrected chi connectivity index (χ1v) is 12.3. The quantitative estimate of drug-likeness (QED) is 0.341. The van der Waals surface area contributed by atoms with E-state index in [2.05, 4.69) is 72.7 Å². The van der Waals surface area contributed by atoms with Crippen LogP contribution in [0.4, 0.5) is 0 Å². The van der Waals surface area contributed by atoms with E-state index in [9.17, 15) is 4.79 Å². The van der Waals surface area contributed by atoms with Gasteiger partial charge in [0.05, 0.1) is 11.8 Å². The zero-order valence-electron chi connectivity index (χ0n) is 19.3. The highest BCUT2D eigenvalue weighted by Gasteiger charge is 2.33. The van der Waals surface area contributed by atoms with E-state index in [1.54, 1.807) is 0 Å². The number of nitrogens with zero attached hydrogens (tertiary/aromatic N) is 3. The smallest absolute Gasteiger partial charge is 0.230 e. The van der Waals surface area contributed by atoms with E-state index >= 15 is 0 Å². The van der Waals surface area contributed by atoms with Crippen molar-refractivity contribution in [3.8, 4) is 5.75 Å². The van der Waals surface area contributed by atoms with Crippen molar-refractivity contribution in [1.29, 1.82) is 0 Å². The highest BCUT2D eigenvalue weighted by molar-refractivity contribution is 7.99.